The number of amides is 2. The average Bonchev–Trinajstić information content (AvgIpc) is 3.01. The number of nitrogens with one attached hydrogen (secondary N) is 3. The van der Waals surface area contributed by atoms with E-state index in [1.807, 2.05) is 31.1 Å². The minimum absolute atomic E-state index is 0.00917. The fraction of sp³-hybridized carbons (Fsp3) is 0.333. The van der Waals surface area contributed by atoms with E-state index in [1.165, 1.54) is 6.20 Å². The molecule has 0 bridgehead atoms. The predicted molar refractivity (Wildman–Crippen MR) is 70.7 cm³/mol. The molecule has 0 aliphatic heterocycles. The molecule has 7 heteroatoms. The van der Waals surface area contributed by atoms with Gasteiger partial charge in [-0.2, -0.15) is 5.10 Å². The zero-order chi connectivity index (χ0) is 13.7. The van der Waals surface area contributed by atoms with Crippen LogP contribution in [-0.2, 0) is 0 Å². The van der Waals surface area contributed by atoms with Gasteiger partial charge >= 0.3 is 6.03 Å². The molecule has 0 aliphatic rings. The molecule has 0 aromatic carbocycles. The van der Waals surface area contributed by atoms with E-state index in [0.29, 0.717) is 12.2 Å². The lowest BCUT2D eigenvalue weighted by molar-refractivity contribution is 0.233. The second kappa shape index (κ2) is 6.05. The Labute approximate surface area is 111 Å². The van der Waals surface area contributed by atoms with Crippen LogP contribution in [0.25, 0.3) is 0 Å². The Balaban J connectivity index is 1.87. The summed E-state index contributed by atoms with van der Waals surface area (Å²) in [7, 11) is 3.87. The molecular weight excluding hydrogens is 246 g/mol. The quantitative estimate of drug-likeness (QED) is 0.761. The van der Waals surface area contributed by atoms with Crippen LogP contribution < -0.4 is 10.6 Å². The third kappa shape index (κ3) is 3.59. The molecule has 1 unspecified atom stereocenters. The highest BCUT2D eigenvalue weighted by Crippen LogP contribution is 2.17. The van der Waals surface area contributed by atoms with Crippen LogP contribution in [0.3, 0.4) is 0 Å². The van der Waals surface area contributed by atoms with Crippen molar-refractivity contribution < 1.29 is 9.21 Å². The Hall–Kier alpha value is -2.28. The van der Waals surface area contributed by atoms with Gasteiger partial charge in [0, 0.05) is 12.7 Å². The van der Waals surface area contributed by atoms with Crippen LogP contribution in [0.2, 0.25) is 0 Å². The van der Waals surface area contributed by atoms with E-state index in [-0.39, 0.29) is 12.1 Å². The zero-order valence-corrected chi connectivity index (χ0v) is 10.9. The summed E-state index contributed by atoms with van der Waals surface area (Å²) in [4.78, 5) is 13.7. The molecule has 7 nitrogen and oxygen atoms in total. The van der Waals surface area contributed by atoms with Crippen molar-refractivity contribution in [2.24, 2.45) is 0 Å². The molecule has 0 aliphatic carbocycles. The maximum atomic E-state index is 11.7. The number of nitrogens with zero attached hydrogens (tertiary/aromatic N) is 2. The van der Waals surface area contributed by atoms with Crippen molar-refractivity contribution in [3.05, 3.63) is 36.5 Å². The molecule has 2 aromatic heterocycles. The van der Waals surface area contributed by atoms with E-state index in [1.54, 1.807) is 12.5 Å². The van der Waals surface area contributed by atoms with E-state index in [4.69, 9.17) is 4.42 Å². The summed E-state index contributed by atoms with van der Waals surface area (Å²) in [6.45, 7) is 0.449. The van der Waals surface area contributed by atoms with Crippen LogP contribution in [0.1, 0.15) is 11.8 Å². The topological polar surface area (TPSA) is 86.2 Å². The number of aromatic nitrogens is 2. The number of H-pyrrole nitrogens is 1. The zero-order valence-electron chi connectivity index (χ0n) is 10.9. The van der Waals surface area contributed by atoms with E-state index in [0.717, 1.165) is 5.76 Å². The van der Waals surface area contributed by atoms with Gasteiger partial charge in [-0.3, -0.25) is 10.00 Å². The van der Waals surface area contributed by atoms with Gasteiger partial charge < -0.3 is 15.1 Å². The lowest BCUT2D eigenvalue weighted by Crippen LogP contribution is -2.36. The van der Waals surface area contributed by atoms with Crippen molar-refractivity contribution in [2.75, 3.05) is 26.0 Å². The molecule has 19 heavy (non-hydrogen) atoms. The molecular formula is C12H17N5O2. The van der Waals surface area contributed by atoms with Crippen molar-refractivity contribution in [3.8, 4) is 0 Å². The fourth-order valence-corrected chi connectivity index (χ4v) is 1.70. The molecule has 2 amide bonds. The number of aromatic amines is 1. The van der Waals surface area contributed by atoms with Crippen molar-refractivity contribution >= 4 is 11.7 Å². The van der Waals surface area contributed by atoms with E-state index >= 15 is 0 Å². The number of anilines is 1. The van der Waals surface area contributed by atoms with Crippen molar-refractivity contribution in [1.82, 2.24) is 20.4 Å². The summed E-state index contributed by atoms with van der Waals surface area (Å²) in [5.74, 6) is 0.814. The number of carbonyl (C=O) groups is 1. The SMILES string of the molecule is CN(C)C(CNC(=O)Nc1cn[nH]c1)c1ccco1. The normalized spacial score (nSPS) is 12.4. The highest BCUT2D eigenvalue weighted by Gasteiger charge is 2.17. The second-order valence-corrected chi connectivity index (χ2v) is 4.32. The Morgan fingerprint density at radius 3 is 3.00 bits per heavy atom. The first-order valence-electron chi connectivity index (χ1n) is 5.90. The van der Waals surface area contributed by atoms with Gasteiger partial charge in [-0.25, -0.2) is 4.79 Å². The molecule has 0 spiro atoms. The molecule has 0 saturated carbocycles. The molecule has 2 rings (SSSR count). The average molecular weight is 263 g/mol. The predicted octanol–water partition coefficient (Wildman–Crippen LogP) is 1.43. The Morgan fingerprint density at radius 2 is 2.42 bits per heavy atom. The summed E-state index contributed by atoms with van der Waals surface area (Å²) in [6.07, 6.45) is 4.77. The van der Waals surface area contributed by atoms with Gasteiger partial charge in [0.15, 0.2) is 0 Å². The lowest BCUT2D eigenvalue weighted by Gasteiger charge is -2.22. The Bertz CT molecular complexity index is 492. The third-order valence-corrected chi connectivity index (χ3v) is 2.71. The molecule has 2 heterocycles. The first kappa shape index (κ1) is 13.2. The highest BCUT2D eigenvalue weighted by molar-refractivity contribution is 5.88. The van der Waals surface area contributed by atoms with Gasteiger partial charge in [0.2, 0.25) is 0 Å². The van der Waals surface area contributed by atoms with Crippen molar-refractivity contribution in [1.29, 1.82) is 0 Å². The van der Waals surface area contributed by atoms with Gasteiger partial charge in [-0.15, -0.1) is 0 Å². The molecule has 0 radical (unpaired) electrons. The number of urea groups is 1. The number of carbonyl (C=O) groups excluding carboxylic acids is 1. The van der Waals surface area contributed by atoms with Crippen LogP contribution in [0.4, 0.5) is 10.5 Å². The number of likely N-dealkylation sites (N-methyl/N-ethyl adjacent to an activating group) is 1. The number of hydrogen-bond acceptors (Lipinski definition) is 4. The second-order valence-electron chi connectivity index (χ2n) is 4.32. The van der Waals surface area contributed by atoms with E-state index < -0.39 is 0 Å². The monoisotopic (exact) mass is 263 g/mol. The van der Waals surface area contributed by atoms with Crippen LogP contribution in [0.5, 0.6) is 0 Å². The van der Waals surface area contributed by atoms with Crippen molar-refractivity contribution in [2.45, 2.75) is 6.04 Å². The number of hydrogen-bond donors (Lipinski definition) is 3. The Kier molecular flexibility index (Phi) is 4.19. The van der Waals surface area contributed by atoms with Gasteiger partial charge in [0.1, 0.15) is 5.76 Å². The van der Waals surface area contributed by atoms with Crippen LogP contribution in [0.15, 0.2) is 35.2 Å². The van der Waals surface area contributed by atoms with E-state index in [9.17, 15) is 4.79 Å². The first-order valence-corrected chi connectivity index (χ1v) is 5.90. The van der Waals surface area contributed by atoms with E-state index in [2.05, 4.69) is 20.8 Å². The number of rotatable bonds is 5. The third-order valence-electron chi connectivity index (χ3n) is 2.71. The van der Waals surface area contributed by atoms with Crippen LogP contribution >= 0.6 is 0 Å². The van der Waals surface area contributed by atoms with Gasteiger partial charge in [-0.1, -0.05) is 0 Å². The minimum Gasteiger partial charge on any atom is -0.468 e. The lowest BCUT2D eigenvalue weighted by atomic mass is 10.2. The molecule has 2 aromatic rings. The summed E-state index contributed by atoms with van der Waals surface area (Å²) >= 11 is 0. The minimum atomic E-state index is -0.278. The molecule has 3 N–H and O–H groups in total. The van der Waals surface area contributed by atoms with Crippen molar-refractivity contribution in [3.63, 3.8) is 0 Å². The van der Waals surface area contributed by atoms with Crippen LogP contribution in [-0.4, -0.2) is 41.8 Å². The van der Waals surface area contributed by atoms with Crippen LogP contribution in [0, 0.1) is 0 Å². The van der Waals surface area contributed by atoms with Gasteiger partial charge in [0.25, 0.3) is 0 Å². The highest BCUT2D eigenvalue weighted by atomic mass is 16.3. The molecule has 1 atom stereocenters. The number of furan rings is 1. The summed E-state index contributed by atoms with van der Waals surface area (Å²) in [5.41, 5.74) is 0.622. The largest absolute Gasteiger partial charge is 0.468 e. The standard InChI is InChI=1S/C12H17N5O2/c1-17(2)10(11-4-3-5-19-11)8-13-12(18)16-9-6-14-15-7-9/h3-7,10H,8H2,1-2H3,(H,14,15)(H2,13,16,18). The maximum absolute atomic E-state index is 11.7. The molecule has 0 fully saturated rings. The van der Waals surface area contributed by atoms with Gasteiger partial charge in [-0.05, 0) is 26.2 Å². The summed E-state index contributed by atoms with van der Waals surface area (Å²) < 4.78 is 5.37. The first-order chi connectivity index (χ1) is 9.16. The molecule has 0 saturated heterocycles. The summed E-state index contributed by atoms with van der Waals surface area (Å²) in [5, 5.41) is 11.8. The molecule has 102 valence electrons. The summed E-state index contributed by atoms with van der Waals surface area (Å²) in [6, 6.07) is 3.43. The van der Waals surface area contributed by atoms with Gasteiger partial charge in [0.05, 0.1) is 24.2 Å². The maximum Gasteiger partial charge on any atom is 0.319 e. The smallest absolute Gasteiger partial charge is 0.319 e. The Morgan fingerprint density at radius 1 is 1.58 bits per heavy atom. The fourth-order valence-electron chi connectivity index (χ4n) is 1.70.